The normalized spacial score (nSPS) is 11.6. The van der Waals surface area contributed by atoms with E-state index in [-0.39, 0.29) is 24.4 Å². The van der Waals surface area contributed by atoms with Crippen molar-refractivity contribution in [3.05, 3.63) is 30.1 Å². The Morgan fingerprint density at radius 1 is 0.829 bits per heavy atom. The van der Waals surface area contributed by atoms with Crippen LogP contribution in [-0.2, 0) is 25.7 Å². The zero-order chi connectivity index (χ0) is 25.6. The van der Waals surface area contributed by atoms with E-state index in [2.05, 4.69) is 22.5 Å². The van der Waals surface area contributed by atoms with Crippen LogP contribution in [0.25, 0.3) is 0 Å². The van der Waals surface area contributed by atoms with E-state index >= 15 is 0 Å². The van der Waals surface area contributed by atoms with Gasteiger partial charge in [-0.25, -0.2) is 0 Å². The molecular formula is C28H47N3O4. The molecule has 7 nitrogen and oxygen atoms in total. The molecule has 1 heterocycles. The number of hydrogen-bond acceptors (Lipinski definition) is 5. The van der Waals surface area contributed by atoms with Gasteiger partial charge in [-0.1, -0.05) is 71.1 Å². The van der Waals surface area contributed by atoms with Crippen LogP contribution in [0.4, 0.5) is 0 Å². The molecule has 1 unspecified atom stereocenters. The van der Waals surface area contributed by atoms with Gasteiger partial charge in [0.1, 0.15) is 12.6 Å². The van der Waals surface area contributed by atoms with E-state index in [1.165, 1.54) is 51.4 Å². The van der Waals surface area contributed by atoms with Crippen molar-refractivity contribution in [1.82, 2.24) is 15.6 Å². The van der Waals surface area contributed by atoms with Gasteiger partial charge < -0.3 is 15.4 Å². The van der Waals surface area contributed by atoms with Crippen molar-refractivity contribution in [2.75, 3.05) is 6.54 Å². The van der Waals surface area contributed by atoms with E-state index in [1.807, 2.05) is 12.1 Å². The first-order valence-electron chi connectivity index (χ1n) is 13.6. The number of unbranched alkanes of at least 4 members (excludes halogenated alkanes) is 11. The molecule has 1 atom stereocenters. The van der Waals surface area contributed by atoms with Gasteiger partial charge in [0.25, 0.3) is 0 Å². The molecule has 0 radical (unpaired) electrons. The van der Waals surface area contributed by atoms with Gasteiger partial charge in [-0.15, -0.1) is 0 Å². The Bertz CT molecular complexity index is 697. The van der Waals surface area contributed by atoms with E-state index in [9.17, 15) is 14.4 Å². The Morgan fingerprint density at radius 2 is 1.40 bits per heavy atom. The molecule has 0 aromatic carbocycles. The molecule has 2 amide bonds. The Hall–Kier alpha value is -2.44. The fourth-order valence-electron chi connectivity index (χ4n) is 3.80. The molecule has 0 saturated carbocycles. The van der Waals surface area contributed by atoms with Crippen molar-refractivity contribution in [3.63, 3.8) is 0 Å². The zero-order valence-corrected chi connectivity index (χ0v) is 22.0. The summed E-state index contributed by atoms with van der Waals surface area (Å²) in [7, 11) is 0. The van der Waals surface area contributed by atoms with Crippen molar-refractivity contribution in [1.29, 1.82) is 0 Å². The third kappa shape index (κ3) is 17.6. The van der Waals surface area contributed by atoms with Crippen LogP contribution in [0.5, 0.6) is 0 Å². The van der Waals surface area contributed by atoms with E-state index in [0.717, 1.165) is 37.7 Å². The van der Waals surface area contributed by atoms with Crippen LogP contribution in [0.2, 0.25) is 0 Å². The molecule has 2 N–H and O–H groups in total. The molecule has 0 aliphatic heterocycles. The number of amides is 2. The lowest BCUT2D eigenvalue weighted by atomic mass is 10.1. The number of nitrogens with one attached hydrogen (secondary N) is 2. The Kier molecular flexibility index (Phi) is 18.3. The molecule has 198 valence electrons. The molecule has 0 aliphatic carbocycles. The summed E-state index contributed by atoms with van der Waals surface area (Å²) in [5.74, 6) is -0.444. The SMILES string of the molecule is CCCCCCCCCCCCC(=O)NC(C)C(=O)NCCCCCC(=O)OCc1ccncc1. The van der Waals surface area contributed by atoms with Gasteiger partial charge in [0.2, 0.25) is 11.8 Å². The molecule has 0 bridgehead atoms. The lowest BCUT2D eigenvalue weighted by Crippen LogP contribution is -2.45. The van der Waals surface area contributed by atoms with Gasteiger partial charge in [0.15, 0.2) is 0 Å². The minimum absolute atomic E-state index is 0.0579. The molecule has 0 aliphatic rings. The van der Waals surface area contributed by atoms with E-state index < -0.39 is 6.04 Å². The number of aromatic nitrogens is 1. The third-order valence-corrected chi connectivity index (χ3v) is 6.03. The van der Waals surface area contributed by atoms with Gasteiger partial charge in [-0.05, 0) is 43.9 Å². The van der Waals surface area contributed by atoms with Crippen LogP contribution in [0.3, 0.4) is 0 Å². The second-order valence-electron chi connectivity index (χ2n) is 9.34. The van der Waals surface area contributed by atoms with Crippen molar-refractivity contribution >= 4 is 17.8 Å². The number of esters is 1. The minimum Gasteiger partial charge on any atom is -0.461 e. The van der Waals surface area contributed by atoms with Gasteiger partial charge >= 0.3 is 5.97 Å². The van der Waals surface area contributed by atoms with Crippen LogP contribution < -0.4 is 10.6 Å². The number of hydrogen-bond donors (Lipinski definition) is 2. The maximum absolute atomic E-state index is 12.2. The van der Waals surface area contributed by atoms with Crippen molar-refractivity contribution < 1.29 is 19.1 Å². The lowest BCUT2D eigenvalue weighted by molar-refractivity contribution is -0.145. The molecule has 0 spiro atoms. The summed E-state index contributed by atoms with van der Waals surface area (Å²) in [4.78, 5) is 40.0. The predicted molar refractivity (Wildman–Crippen MR) is 140 cm³/mol. The molecule has 7 heteroatoms. The quantitative estimate of drug-likeness (QED) is 0.173. The first kappa shape index (κ1) is 30.6. The smallest absolute Gasteiger partial charge is 0.306 e. The number of pyridine rings is 1. The maximum atomic E-state index is 12.2. The van der Waals surface area contributed by atoms with Gasteiger partial charge in [-0.2, -0.15) is 0 Å². The number of carbonyl (C=O) groups excluding carboxylic acids is 3. The van der Waals surface area contributed by atoms with Crippen LogP contribution in [0, 0.1) is 0 Å². The van der Waals surface area contributed by atoms with E-state index in [1.54, 1.807) is 19.3 Å². The van der Waals surface area contributed by atoms with E-state index in [0.29, 0.717) is 19.4 Å². The Morgan fingerprint density at radius 3 is 2.06 bits per heavy atom. The first-order chi connectivity index (χ1) is 17.0. The monoisotopic (exact) mass is 489 g/mol. The highest BCUT2D eigenvalue weighted by molar-refractivity contribution is 5.87. The summed E-state index contributed by atoms with van der Waals surface area (Å²) in [6, 6.07) is 3.10. The van der Waals surface area contributed by atoms with Crippen LogP contribution in [-0.4, -0.2) is 35.4 Å². The number of ether oxygens (including phenoxy) is 1. The van der Waals surface area contributed by atoms with Crippen LogP contribution in [0.15, 0.2) is 24.5 Å². The lowest BCUT2D eigenvalue weighted by Gasteiger charge is -2.14. The second kappa shape index (κ2) is 20.9. The first-order valence-corrected chi connectivity index (χ1v) is 13.6. The highest BCUT2D eigenvalue weighted by Crippen LogP contribution is 2.11. The minimum atomic E-state index is -0.534. The summed E-state index contributed by atoms with van der Waals surface area (Å²) in [6.07, 6.45) is 18.8. The van der Waals surface area contributed by atoms with Crippen molar-refractivity contribution in [2.24, 2.45) is 0 Å². The summed E-state index contributed by atoms with van der Waals surface area (Å²) >= 11 is 0. The molecular weight excluding hydrogens is 442 g/mol. The van der Waals surface area contributed by atoms with E-state index in [4.69, 9.17) is 4.74 Å². The second-order valence-corrected chi connectivity index (χ2v) is 9.34. The zero-order valence-electron chi connectivity index (χ0n) is 22.0. The van der Waals surface area contributed by atoms with Crippen molar-refractivity contribution in [2.45, 2.75) is 123 Å². The fraction of sp³-hybridized carbons (Fsp3) is 0.714. The third-order valence-electron chi connectivity index (χ3n) is 6.03. The average molecular weight is 490 g/mol. The molecule has 1 rings (SSSR count). The highest BCUT2D eigenvalue weighted by atomic mass is 16.5. The van der Waals surface area contributed by atoms with Gasteiger partial charge in [-0.3, -0.25) is 19.4 Å². The largest absolute Gasteiger partial charge is 0.461 e. The molecule has 1 aromatic rings. The summed E-state index contributed by atoms with van der Waals surface area (Å²) < 4.78 is 5.23. The van der Waals surface area contributed by atoms with Crippen LogP contribution in [0.1, 0.15) is 116 Å². The maximum Gasteiger partial charge on any atom is 0.306 e. The Balaban J connectivity index is 1.95. The number of carbonyl (C=O) groups is 3. The van der Waals surface area contributed by atoms with Crippen molar-refractivity contribution in [3.8, 4) is 0 Å². The summed E-state index contributed by atoms with van der Waals surface area (Å²) in [5, 5.41) is 5.64. The van der Waals surface area contributed by atoms with Crippen LogP contribution >= 0.6 is 0 Å². The number of nitrogens with zero attached hydrogens (tertiary/aromatic N) is 1. The molecule has 0 fully saturated rings. The summed E-state index contributed by atoms with van der Waals surface area (Å²) in [6.45, 7) is 4.75. The topological polar surface area (TPSA) is 97.4 Å². The number of rotatable bonds is 21. The predicted octanol–water partition coefficient (Wildman–Crippen LogP) is 5.62. The van der Waals surface area contributed by atoms with Gasteiger partial charge in [0, 0.05) is 31.8 Å². The summed E-state index contributed by atoms with van der Waals surface area (Å²) in [5.41, 5.74) is 0.917. The standard InChI is InChI=1S/C28H47N3O4/c1-3-4-5-6-7-8-9-10-11-13-16-26(32)31-24(2)28(34)30-20-15-12-14-17-27(33)35-23-25-18-21-29-22-19-25/h18-19,21-22,24H,3-17,20,23H2,1-2H3,(H,30,34)(H,31,32). The molecule has 1 aromatic heterocycles. The average Bonchev–Trinajstić information content (AvgIpc) is 2.86. The molecule has 35 heavy (non-hydrogen) atoms. The highest BCUT2D eigenvalue weighted by Gasteiger charge is 2.14. The molecule has 0 saturated heterocycles. The Labute approximate surface area is 212 Å². The fourth-order valence-corrected chi connectivity index (χ4v) is 3.80. The van der Waals surface area contributed by atoms with Gasteiger partial charge in [0.05, 0.1) is 0 Å².